The fraction of sp³-hybridized carbons (Fsp3) is 0.273. The third kappa shape index (κ3) is 5.41. The van der Waals surface area contributed by atoms with Gasteiger partial charge in [-0.3, -0.25) is 4.79 Å². The van der Waals surface area contributed by atoms with Gasteiger partial charge in [0.2, 0.25) is 5.76 Å². The van der Waals surface area contributed by atoms with Crippen molar-refractivity contribution in [2.24, 2.45) is 5.16 Å². The number of allylic oxidation sites excluding steroid dienone is 1. The number of hydrogen-bond acceptors (Lipinski definition) is 5. The molecule has 5 nitrogen and oxygen atoms in total. The zero-order valence-corrected chi connectivity index (χ0v) is 17.8. The number of halogens is 3. The molecule has 0 fully saturated rings. The van der Waals surface area contributed by atoms with Gasteiger partial charge in [0.25, 0.3) is 5.91 Å². The lowest BCUT2D eigenvalue weighted by molar-refractivity contribution is -0.133. The van der Waals surface area contributed by atoms with Gasteiger partial charge in [-0.1, -0.05) is 54.5 Å². The van der Waals surface area contributed by atoms with E-state index in [2.05, 4.69) is 10.5 Å². The molecule has 0 aromatic heterocycles. The summed E-state index contributed by atoms with van der Waals surface area (Å²) in [7, 11) is 1.48. The molecular weight excluding hydrogens is 429 g/mol. The van der Waals surface area contributed by atoms with Crippen molar-refractivity contribution in [1.29, 1.82) is 0 Å². The van der Waals surface area contributed by atoms with Crippen LogP contribution in [0.5, 0.6) is 0 Å². The Morgan fingerprint density at radius 1 is 1.19 bits per heavy atom. The van der Waals surface area contributed by atoms with E-state index < -0.39 is 22.7 Å². The Kier molecular flexibility index (Phi) is 7.27. The standard InChI is InChI=1S/C22H21F3N2O3S/c1-3-17(27-29-2)15-10-8-14(9-11-15)16-6-4-5-7-18(16)26-21(28)19-20(22(23,24)25)30-12-13-31-19/h4-11H,3,12-13H2,1-2H3,(H,26,28)/b27-17+. The summed E-state index contributed by atoms with van der Waals surface area (Å²) < 4.78 is 44.4. The van der Waals surface area contributed by atoms with Crippen molar-refractivity contribution in [2.75, 3.05) is 24.8 Å². The molecule has 0 unspecified atom stereocenters. The first-order valence-corrected chi connectivity index (χ1v) is 10.5. The number of rotatable bonds is 6. The molecule has 1 heterocycles. The van der Waals surface area contributed by atoms with Gasteiger partial charge in [-0.25, -0.2) is 0 Å². The summed E-state index contributed by atoms with van der Waals surface area (Å²) in [5, 5.41) is 6.61. The number of alkyl halides is 3. The molecule has 0 spiro atoms. The molecule has 2 aromatic carbocycles. The Morgan fingerprint density at radius 2 is 1.90 bits per heavy atom. The van der Waals surface area contributed by atoms with Crippen LogP contribution in [0.1, 0.15) is 18.9 Å². The highest BCUT2D eigenvalue weighted by molar-refractivity contribution is 8.04. The molecule has 164 valence electrons. The second-order valence-electron chi connectivity index (χ2n) is 6.50. The molecule has 1 N–H and O–H groups in total. The van der Waals surface area contributed by atoms with E-state index in [-0.39, 0.29) is 12.4 Å². The molecule has 2 aromatic rings. The highest BCUT2D eigenvalue weighted by atomic mass is 32.2. The predicted octanol–water partition coefficient (Wildman–Crippen LogP) is 5.59. The number of anilines is 1. The van der Waals surface area contributed by atoms with Crippen molar-refractivity contribution in [2.45, 2.75) is 19.5 Å². The van der Waals surface area contributed by atoms with Gasteiger partial charge in [-0.15, -0.1) is 11.8 Å². The molecule has 3 rings (SSSR count). The van der Waals surface area contributed by atoms with Gasteiger partial charge in [-0.05, 0) is 23.6 Å². The average molecular weight is 450 g/mol. The zero-order chi connectivity index (χ0) is 22.4. The molecule has 0 atom stereocenters. The highest BCUT2D eigenvalue weighted by Gasteiger charge is 2.42. The summed E-state index contributed by atoms with van der Waals surface area (Å²) in [6.45, 7) is 1.87. The van der Waals surface area contributed by atoms with Crippen LogP contribution >= 0.6 is 11.8 Å². The number of benzene rings is 2. The fourth-order valence-electron chi connectivity index (χ4n) is 3.09. The van der Waals surface area contributed by atoms with E-state index in [1.54, 1.807) is 24.3 Å². The minimum Gasteiger partial charge on any atom is -0.487 e. The van der Waals surface area contributed by atoms with Crippen LogP contribution < -0.4 is 5.32 Å². The molecule has 9 heteroatoms. The molecular formula is C22H21F3N2O3S. The molecule has 1 aliphatic rings. The van der Waals surface area contributed by atoms with Gasteiger partial charge in [-0.2, -0.15) is 13.2 Å². The lowest BCUT2D eigenvalue weighted by Gasteiger charge is -2.22. The molecule has 0 bridgehead atoms. The lowest BCUT2D eigenvalue weighted by atomic mass is 10.00. The third-order valence-corrected chi connectivity index (χ3v) is 5.52. The number of thioether (sulfide) groups is 1. The maximum absolute atomic E-state index is 13.2. The third-order valence-electron chi connectivity index (χ3n) is 4.49. The van der Waals surface area contributed by atoms with Crippen molar-refractivity contribution in [3.8, 4) is 11.1 Å². The number of oxime groups is 1. The lowest BCUT2D eigenvalue weighted by Crippen LogP contribution is -2.26. The summed E-state index contributed by atoms with van der Waals surface area (Å²) in [4.78, 5) is 17.1. The SMILES string of the molecule is CC/C(=N\OC)c1ccc(-c2ccccc2NC(=O)C2=C(C(F)(F)F)OCCS2)cc1. The van der Waals surface area contributed by atoms with Gasteiger partial charge < -0.3 is 14.9 Å². The molecule has 1 aliphatic heterocycles. The van der Waals surface area contributed by atoms with E-state index >= 15 is 0 Å². The summed E-state index contributed by atoms with van der Waals surface area (Å²) in [5.74, 6) is -1.82. The molecule has 0 aliphatic carbocycles. The van der Waals surface area contributed by atoms with Gasteiger partial charge in [0.1, 0.15) is 12.0 Å². The first-order valence-electron chi connectivity index (χ1n) is 9.53. The van der Waals surface area contributed by atoms with E-state index in [0.29, 0.717) is 17.7 Å². The maximum Gasteiger partial charge on any atom is 0.450 e. The van der Waals surface area contributed by atoms with Crippen molar-refractivity contribution < 1.29 is 27.5 Å². The van der Waals surface area contributed by atoms with E-state index in [9.17, 15) is 18.0 Å². The Bertz CT molecular complexity index is 1000. The van der Waals surface area contributed by atoms with Crippen LogP contribution in [0.3, 0.4) is 0 Å². The van der Waals surface area contributed by atoms with Crippen molar-refractivity contribution in [1.82, 2.24) is 0 Å². The van der Waals surface area contributed by atoms with E-state index in [4.69, 9.17) is 9.57 Å². The number of hydrogen-bond donors (Lipinski definition) is 1. The van der Waals surface area contributed by atoms with Crippen LogP contribution in [-0.4, -0.2) is 37.3 Å². The smallest absolute Gasteiger partial charge is 0.450 e. The van der Waals surface area contributed by atoms with Crippen LogP contribution in [0.4, 0.5) is 18.9 Å². The number of nitrogens with zero attached hydrogens (tertiary/aromatic N) is 1. The van der Waals surface area contributed by atoms with Crippen molar-refractivity contribution in [3.63, 3.8) is 0 Å². The quantitative estimate of drug-likeness (QED) is 0.460. The zero-order valence-electron chi connectivity index (χ0n) is 17.0. The summed E-state index contributed by atoms with van der Waals surface area (Å²) >= 11 is 0.837. The van der Waals surface area contributed by atoms with E-state index in [1.165, 1.54) is 7.11 Å². The monoisotopic (exact) mass is 450 g/mol. The second kappa shape index (κ2) is 9.91. The number of amides is 1. The Labute approximate surface area is 182 Å². The molecule has 31 heavy (non-hydrogen) atoms. The number of carbonyl (C=O) groups excluding carboxylic acids is 1. The summed E-state index contributed by atoms with van der Waals surface area (Å²) in [6.07, 6.45) is -4.04. The summed E-state index contributed by atoms with van der Waals surface area (Å²) in [6, 6.07) is 14.4. The number of para-hydroxylation sites is 1. The molecule has 1 amide bonds. The number of carbonyl (C=O) groups is 1. The molecule has 0 radical (unpaired) electrons. The van der Waals surface area contributed by atoms with Crippen molar-refractivity contribution in [3.05, 3.63) is 64.8 Å². The van der Waals surface area contributed by atoms with Gasteiger partial charge in [0.05, 0.1) is 12.3 Å². The van der Waals surface area contributed by atoms with Gasteiger partial charge in [0.15, 0.2) is 0 Å². The van der Waals surface area contributed by atoms with Gasteiger partial charge in [0, 0.05) is 17.0 Å². The van der Waals surface area contributed by atoms with Crippen LogP contribution in [0.2, 0.25) is 0 Å². The van der Waals surface area contributed by atoms with E-state index in [0.717, 1.165) is 28.6 Å². The molecule has 0 saturated carbocycles. The summed E-state index contributed by atoms with van der Waals surface area (Å²) in [5.41, 5.74) is 3.56. The van der Waals surface area contributed by atoms with Crippen molar-refractivity contribution >= 4 is 29.1 Å². The first-order chi connectivity index (χ1) is 14.8. The van der Waals surface area contributed by atoms with Crippen LogP contribution in [0, 0.1) is 0 Å². The topological polar surface area (TPSA) is 59.9 Å². The average Bonchev–Trinajstić information content (AvgIpc) is 2.77. The number of nitrogens with one attached hydrogen (secondary N) is 1. The Hall–Kier alpha value is -2.94. The van der Waals surface area contributed by atoms with Gasteiger partial charge >= 0.3 is 6.18 Å². The maximum atomic E-state index is 13.2. The van der Waals surface area contributed by atoms with E-state index in [1.807, 2.05) is 31.2 Å². The Balaban J connectivity index is 1.90. The predicted molar refractivity (Wildman–Crippen MR) is 116 cm³/mol. The number of ether oxygens (including phenoxy) is 1. The Morgan fingerprint density at radius 3 is 2.55 bits per heavy atom. The van der Waals surface area contributed by atoms with Crippen LogP contribution in [0.25, 0.3) is 11.1 Å². The highest BCUT2D eigenvalue weighted by Crippen LogP contribution is 2.38. The first kappa shape index (κ1) is 22.7. The normalized spacial score (nSPS) is 14.8. The largest absolute Gasteiger partial charge is 0.487 e. The van der Waals surface area contributed by atoms with Crippen LogP contribution in [0.15, 0.2) is 64.4 Å². The second-order valence-corrected chi connectivity index (χ2v) is 7.61. The fourth-order valence-corrected chi connectivity index (χ4v) is 3.95. The minimum absolute atomic E-state index is 0.0919. The molecule has 0 saturated heterocycles. The minimum atomic E-state index is -4.73. The van der Waals surface area contributed by atoms with Crippen LogP contribution in [-0.2, 0) is 14.4 Å².